The summed E-state index contributed by atoms with van der Waals surface area (Å²) >= 11 is 0. The highest BCUT2D eigenvalue weighted by Crippen LogP contribution is 2.34. The first-order chi connectivity index (χ1) is 14.1. The van der Waals surface area contributed by atoms with Gasteiger partial charge >= 0.3 is 5.92 Å². The summed E-state index contributed by atoms with van der Waals surface area (Å²) in [6.45, 7) is -1.04. The van der Waals surface area contributed by atoms with Crippen molar-refractivity contribution in [3.63, 3.8) is 0 Å². The number of rotatable bonds is 2. The van der Waals surface area contributed by atoms with Crippen LogP contribution in [0.5, 0.6) is 5.75 Å². The Labute approximate surface area is 173 Å². The van der Waals surface area contributed by atoms with E-state index < -0.39 is 40.5 Å². The molecule has 2 unspecified atom stereocenters. The van der Waals surface area contributed by atoms with Crippen LogP contribution in [0.15, 0.2) is 48.5 Å². The predicted octanol–water partition coefficient (Wildman–Crippen LogP) is 2.44. The number of fused-ring (bicyclic) bond motifs is 5. The van der Waals surface area contributed by atoms with Gasteiger partial charge in [0.1, 0.15) is 5.75 Å². The van der Waals surface area contributed by atoms with E-state index in [-0.39, 0.29) is 25.1 Å². The molecule has 0 aliphatic carbocycles. The summed E-state index contributed by atoms with van der Waals surface area (Å²) in [5.41, 5.74) is 2.27. The van der Waals surface area contributed by atoms with E-state index in [2.05, 4.69) is 4.72 Å². The predicted molar refractivity (Wildman–Crippen MR) is 108 cm³/mol. The molecular formula is C21H22F2N2O4S. The Hall–Kier alpha value is -2.52. The van der Waals surface area contributed by atoms with Crippen LogP contribution in [0.4, 0.5) is 8.78 Å². The van der Waals surface area contributed by atoms with Gasteiger partial charge < -0.3 is 9.64 Å². The Morgan fingerprint density at radius 1 is 1.17 bits per heavy atom. The van der Waals surface area contributed by atoms with E-state index in [0.717, 1.165) is 22.3 Å². The standard InChI is InChI=1S/C21H22F2N2O4S/c1-30(27,28)24-17-9-10-25-18(17)12-14-5-4-6-15(11-14)16-7-2-3-8-19(16)29-13-21(22,23)20(25)26/h2-8,11,17-18,24H,9-10,12-13H2,1H3. The minimum atomic E-state index is -3.74. The monoisotopic (exact) mass is 436 g/mol. The van der Waals surface area contributed by atoms with Gasteiger partial charge in [0, 0.05) is 18.2 Å². The zero-order valence-electron chi connectivity index (χ0n) is 16.3. The number of hydrogen-bond acceptors (Lipinski definition) is 4. The molecule has 9 heteroatoms. The van der Waals surface area contributed by atoms with Gasteiger partial charge in [-0.3, -0.25) is 4.79 Å². The molecule has 2 aromatic carbocycles. The minimum absolute atomic E-state index is 0.0442. The number of nitrogens with zero attached hydrogens (tertiary/aromatic N) is 1. The highest BCUT2D eigenvalue weighted by molar-refractivity contribution is 7.88. The van der Waals surface area contributed by atoms with Gasteiger partial charge in [-0.25, -0.2) is 13.1 Å². The number of nitrogens with one attached hydrogen (secondary N) is 1. The molecule has 30 heavy (non-hydrogen) atoms. The van der Waals surface area contributed by atoms with Gasteiger partial charge in [-0.15, -0.1) is 0 Å². The van der Waals surface area contributed by atoms with Crippen LogP contribution >= 0.6 is 0 Å². The molecule has 0 aromatic heterocycles. The third-order valence-electron chi connectivity index (χ3n) is 5.46. The van der Waals surface area contributed by atoms with Crippen molar-refractivity contribution >= 4 is 15.9 Å². The van der Waals surface area contributed by atoms with Gasteiger partial charge in [0.2, 0.25) is 10.0 Å². The van der Waals surface area contributed by atoms with Gasteiger partial charge in [0.25, 0.3) is 5.91 Å². The maximum Gasteiger partial charge on any atom is 0.357 e. The fourth-order valence-corrected chi connectivity index (χ4v) is 4.97. The molecule has 0 spiro atoms. The van der Waals surface area contributed by atoms with Crippen molar-refractivity contribution in [3.05, 3.63) is 54.1 Å². The van der Waals surface area contributed by atoms with Crippen LogP contribution < -0.4 is 9.46 Å². The maximum absolute atomic E-state index is 14.8. The molecule has 1 saturated heterocycles. The van der Waals surface area contributed by atoms with E-state index in [9.17, 15) is 22.0 Å². The van der Waals surface area contributed by atoms with Gasteiger partial charge in [0.05, 0.1) is 12.3 Å². The molecule has 6 nitrogen and oxygen atoms in total. The summed E-state index contributed by atoms with van der Waals surface area (Å²) in [4.78, 5) is 13.8. The van der Waals surface area contributed by atoms with Crippen LogP contribution in [-0.4, -0.2) is 56.6 Å². The van der Waals surface area contributed by atoms with E-state index in [1.807, 2.05) is 24.3 Å². The number of halogens is 2. The molecule has 2 bridgehead atoms. The first-order valence-corrected chi connectivity index (χ1v) is 11.5. The van der Waals surface area contributed by atoms with Crippen molar-refractivity contribution in [1.29, 1.82) is 0 Å². The average molecular weight is 436 g/mol. The topological polar surface area (TPSA) is 75.7 Å². The summed E-state index contributed by atoms with van der Waals surface area (Å²) in [7, 11) is -3.56. The number of amides is 1. The Morgan fingerprint density at radius 2 is 1.93 bits per heavy atom. The van der Waals surface area contributed by atoms with Crippen molar-refractivity contribution in [3.8, 4) is 16.9 Å². The number of carbonyl (C=O) groups is 1. The fourth-order valence-electron chi connectivity index (χ4n) is 4.15. The number of para-hydroxylation sites is 1. The summed E-state index contributed by atoms with van der Waals surface area (Å²) in [6.07, 6.45) is 1.54. The van der Waals surface area contributed by atoms with E-state index in [1.54, 1.807) is 24.3 Å². The lowest BCUT2D eigenvalue weighted by molar-refractivity contribution is -0.162. The average Bonchev–Trinajstić information content (AvgIpc) is 3.06. The van der Waals surface area contributed by atoms with Crippen LogP contribution in [0.2, 0.25) is 0 Å². The van der Waals surface area contributed by atoms with Crippen LogP contribution in [0.3, 0.4) is 0 Å². The second-order valence-corrected chi connectivity index (χ2v) is 9.52. The molecular weight excluding hydrogens is 414 g/mol. The lowest BCUT2D eigenvalue weighted by atomic mass is 9.96. The summed E-state index contributed by atoms with van der Waals surface area (Å²) < 4.78 is 61.0. The molecule has 1 fully saturated rings. The first kappa shape index (κ1) is 20.7. The Kier molecular flexibility index (Phi) is 5.27. The number of sulfonamides is 1. The van der Waals surface area contributed by atoms with Gasteiger partial charge in [-0.1, -0.05) is 42.5 Å². The number of carbonyl (C=O) groups excluding carboxylic acids is 1. The van der Waals surface area contributed by atoms with Crippen LogP contribution in [0.1, 0.15) is 12.0 Å². The summed E-state index contributed by atoms with van der Waals surface area (Å²) in [5.74, 6) is -4.81. The molecule has 2 atom stereocenters. The third-order valence-corrected chi connectivity index (χ3v) is 6.19. The van der Waals surface area contributed by atoms with Crippen molar-refractivity contribution in [2.45, 2.75) is 30.8 Å². The highest BCUT2D eigenvalue weighted by atomic mass is 32.2. The zero-order chi connectivity index (χ0) is 21.5. The number of benzene rings is 2. The number of hydrogen-bond donors (Lipinski definition) is 1. The molecule has 0 saturated carbocycles. The van der Waals surface area contributed by atoms with E-state index in [1.165, 1.54) is 0 Å². The maximum atomic E-state index is 14.8. The molecule has 1 amide bonds. The van der Waals surface area contributed by atoms with Crippen molar-refractivity contribution in [2.24, 2.45) is 0 Å². The molecule has 1 N–H and O–H groups in total. The smallest absolute Gasteiger partial charge is 0.357 e. The molecule has 0 radical (unpaired) electrons. The van der Waals surface area contributed by atoms with E-state index in [0.29, 0.717) is 5.56 Å². The normalized spacial score (nSPS) is 23.6. The quantitative estimate of drug-likeness (QED) is 0.785. The Morgan fingerprint density at radius 3 is 2.70 bits per heavy atom. The lowest BCUT2D eigenvalue weighted by Gasteiger charge is -2.31. The molecule has 2 aliphatic rings. The van der Waals surface area contributed by atoms with E-state index in [4.69, 9.17) is 4.74 Å². The SMILES string of the molecule is CS(=O)(=O)NC1CCN2C(=O)C(F)(F)COc3ccccc3-c3cccc(c3)CC12. The second-order valence-electron chi connectivity index (χ2n) is 7.74. The molecule has 4 rings (SSSR count). The van der Waals surface area contributed by atoms with Crippen molar-refractivity contribution in [2.75, 3.05) is 19.4 Å². The lowest BCUT2D eigenvalue weighted by Crippen LogP contribution is -2.53. The largest absolute Gasteiger partial charge is 0.486 e. The molecule has 160 valence electrons. The number of alkyl halides is 2. The number of ether oxygens (including phenoxy) is 1. The Balaban J connectivity index is 1.80. The summed E-state index contributed by atoms with van der Waals surface area (Å²) in [6, 6.07) is 13.0. The van der Waals surface area contributed by atoms with Crippen molar-refractivity contribution < 1.29 is 26.7 Å². The van der Waals surface area contributed by atoms with Gasteiger partial charge in [0.15, 0.2) is 6.61 Å². The van der Waals surface area contributed by atoms with Gasteiger partial charge in [-0.2, -0.15) is 8.78 Å². The van der Waals surface area contributed by atoms with Crippen LogP contribution in [-0.2, 0) is 21.2 Å². The Bertz CT molecular complexity index is 1070. The molecule has 2 aliphatic heterocycles. The second kappa shape index (κ2) is 7.63. The minimum Gasteiger partial charge on any atom is -0.486 e. The fraction of sp³-hybridized carbons (Fsp3) is 0.381. The van der Waals surface area contributed by atoms with E-state index >= 15 is 0 Å². The first-order valence-electron chi connectivity index (χ1n) is 9.61. The van der Waals surface area contributed by atoms with Crippen LogP contribution in [0.25, 0.3) is 11.1 Å². The molecule has 2 heterocycles. The molecule has 2 aromatic rings. The summed E-state index contributed by atoms with van der Waals surface area (Å²) in [5, 5.41) is 0. The van der Waals surface area contributed by atoms with Gasteiger partial charge in [-0.05, 0) is 30.0 Å². The third kappa shape index (κ3) is 4.17. The van der Waals surface area contributed by atoms with Crippen LogP contribution in [0, 0.1) is 0 Å². The highest BCUT2D eigenvalue weighted by Gasteiger charge is 2.49. The van der Waals surface area contributed by atoms with Crippen molar-refractivity contribution in [1.82, 2.24) is 9.62 Å². The zero-order valence-corrected chi connectivity index (χ0v) is 17.2.